The second-order valence-electron chi connectivity index (χ2n) is 4.89. The largest absolute Gasteiger partial charge is 0.497 e. The van der Waals surface area contributed by atoms with Crippen LogP contribution in [0.25, 0.3) is 10.2 Å². The highest BCUT2D eigenvalue weighted by molar-refractivity contribution is 7.22. The van der Waals surface area contributed by atoms with Gasteiger partial charge in [-0.15, -0.1) is 12.4 Å². The summed E-state index contributed by atoms with van der Waals surface area (Å²) in [5.74, 6) is 0.650. The normalized spacial score (nSPS) is 11.0. The smallest absolute Gasteiger partial charge is 0.233 e. The highest BCUT2D eigenvalue weighted by Crippen LogP contribution is 2.30. The number of rotatable bonds is 4. The number of methoxy groups -OCH3 is 1. The van der Waals surface area contributed by atoms with E-state index in [1.54, 1.807) is 21.0 Å². The Bertz CT molecular complexity index is 613. The lowest BCUT2D eigenvalue weighted by molar-refractivity contribution is -0.123. The molecule has 0 spiro atoms. The van der Waals surface area contributed by atoms with Crippen molar-refractivity contribution < 1.29 is 9.53 Å². The number of amides is 1. The van der Waals surface area contributed by atoms with E-state index in [4.69, 9.17) is 10.5 Å². The van der Waals surface area contributed by atoms with Crippen molar-refractivity contribution >= 4 is 45.0 Å². The number of benzene rings is 1. The fourth-order valence-electron chi connectivity index (χ4n) is 1.44. The highest BCUT2D eigenvalue weighted by Gasteiger charge is 2.26. The lowest BCUT2D eigenvalue weighted by Gasteiger charge is -2.19. The number of carbonyl (C=O) groups excluding carboxylic acids is 1. The lowest BCUT2D eigenvalue weighted by atomic mass is 9.93. The van der Waals surface area contributed by atoms with Crippen LogP contribution in [-0.4, -0.2) is 24.5 Å². The van der Waals surface area contributed by atoms with E-state index in [1.165, 1.54) is 11.3 Å². The van der Waals surface area contributed by atoms with Gasteiger partial charge >= 0.3 is 0 Å². The van der Waals surface area contributed by atoms with E-state index >= 15 is 0 Å². The van der Waals surface area contributed by atoms with Crippen molar-refractivity contribution in [2.75, 3.05) is 19.0 Å². The third-order valence-corrected chi connectivity index (χ3v) is 3.87. The van der Waals surface area contributed by atoms with E-state index in [0.29, 0.717) is 5.13 Å². The van der Waals surface area contributed by atoms with Gasteiger partial charge in [0.2, 0.25) is 5.91 Å². The van der Waals surface area contributed by atoms with Crippen LogP contribution in [-0.2, 0) is 4.79 Å². The monoisotopic (exact) mass is 315 g/mol. The molecule has 0 radical (unpaired) electrons. The molecular formula is C13H18ClN3O2S. The van der Waals surface area contributed by atoms with Gasteiger partial charge in [-0.25, -0.2) is 4.98 Å². The number of carbonyl (C=O) groups is 1. The minimum Gasteiger partial charge on any atom is -0.497 e. The molecule has 0 aliphatic heterocycles. The molecule has 0 aliphatic rings. The number of fused-ring (bicyclic) bond motifs is 1. The first-order valence-electron chi connectivity index (χ1n) is 5.92. The fraction of sp³-hybridized carbons (Fsp3) is 0.385. The van der Waals surface area contributed by atoms with Crippen molar-refractivity contribution in [3.8, 4) is 5.75 Å². The van der Waals surface area contributed by atoms with Gasteiger partial charge in [-0.2, -0.15) is 0 Å². The van der Waals surface area contributed by atoms with Crippen LogP contribution in [0.5, 0.6) is 5.75 Å². The summed E-state index contributed by atoms with van der Waals surface area (Å²) in [7, 11) is 1.62. The molecule has 0 bridgehead atoms. The summed E-state index contributed by atoms with van der Waals surface area (Å²) in [6.45, 7) is 3.90. The molecule has 0 saturated carbocycles. The molecule has 1 amide bonds. The predicted molar refractivity (Wildman–Crippen MR) is 84.9 cm³/mol. The molecule has 1 heterocycles. The number of hydrogen-bond acceptors (Lipinski definition) is 5. The molecule has 3 N–H and O–H groups in total. The molecule has 1 aromatic carbocycles. The molecule has 20 heavy (non-hydrogen) atoms. The predicted octanol–water partition coefficient (Wildman–Crippen LogP) is 2.65. The van der Waals surface area contributed by atoms with E-state index in [-0.39, 0.29) is 24.9 Å². The Hall–Kier alpha value is -1.37. The number of anilines is 1. The Morgan fingerprint density at radius 3 is 2.80 bits per heavy atom. The number of thiazole rings is 1. The molecule has 110 valence electrons. The summed E-state index contributed by atoms with van der Waals surface area (Å²) in [6, 6.07) is 5.61. The Balaban J connectivity index is 0.00000200. The minimum atomic E-state index is -0.602. The molecule has 5 nitrogen and oxygen atoms in total. The Morgan fingerprint density at radius 1 is 1.50 bits per heavy atom. The van der Waals surface area contributed by atoms with E-state index in [0.717, 1.165) is 16.0 Å². The zero-order chi connectivity index (χ0) is 14.0. The van der Waals surface area contributed by atoms with Crippen LogP contribution >= 0.6 is 23.7 Å². The number of nitrogens with two attached hydrogens (primary N) is 1. The van der Waals surface area contributed by atoms with Crippen molar-refractivity contribution in [2.45, 2.75) is 13.8 Å². The topological polar surface area (TPSA) is 77.2 Å². The first-order valence-corrected chi connectivity index (χ1v) is 6.74. The third-order valence-electron chi connectivity index (χ3n) is 2.94. The Labute approximate surface area is 127 Å². The maximum Gasteiger partial charge on any atom is 0.233 e. The molecule has 0 fully saturated rings. The number of aromatic nitrogens is 1. The SMILES string of the molecule is COc1ccc2nc(NC(=O)C(C)(C)CN)sc2c1.Cl. The Kier molecular flexibility index (Phi) is 5.33. The van der Waals surface area contributed by atoms with Gasteiger partial charge < -0.3 is 15.8 Å². The van der Waals surface area contributed by atoms with Crippen LogP contribution < -0.4 is 15.8 Å². The van der Waals surface area contributed by atoms with Gasteiger partial charge in [-0.05, 0) is 32.0 Å². The first-order chi connectivity index (χ1) is 8.96. The van der Waals surface area contributed by atoms with Crippen molar-refractivity contribution in [3.05, 3.63) is 18.2 Å². The van der Waals surface area contributed by atoms with Crippen LogP contribution in [0, 0.1) is 5.41 Å². The van der Waals surface area contributed by atoms with Gasteiger partial charge in [0.1, 0.15) is 5.75 Å². The van der Waals surface area contributed by atoms with Gasteiger partial charge in [-0.1, -0.05) is 11.3 Å². The fourth-order valence-corrected chi connectivity index (χ4v) is 2.33. The molecule has 0 unspecified atom stereocenters. The van der Waals surface area contributed by atoms with Gasteiger partial charge in [-0.3, -0.25) is 4.79 Å². The van der Waals surface area contributed by atoms with E-state index < -0.39 is 5.41 Å². The van der Waals surface area contributed by atoms with Crippen LogP contribution in [0.3, 0.4) is 0 Å². The zero-order valence-electron chi connectivity index (χ0n) is 11.6. The van der Waals surface area contributed by atoms with Gasteiger partial charge in [0, 0.05) is 6.54 Å². The van der Waals surface area contributed by atoms with Crippen molar-refractivity contribution in [1.82, 2.24) is 4.98 Å². The summed E-state index contributed by atoms with van der Waals surface area (Å²) >= 11 is 1.42. The highest BCUT2D eigenvalue weighted by atomic mass is 35.5. The van der Waals surface area contributed by atoms with E-state index in [1.807, 2.05) is 18.2 Å². The number of nitrogens with one attached hydrogen (secondary N) is 1. The molecule has 2 rings (SSSR count). The molecule has 0 aliphatic carbocycles. The molecule has 2 aromatic rings. The third kappa shape index (κ3) is 3.39. The average molecular weight is 316 g/mol. The van der Waals surface area contributed by atoms with Crippen LogP contribution in [0.4, 0.5) is 5.13 Å². The van der Waals surface area contributed by atoms with Gasteiger partial charge in [0.15, 0.2) is 5.13 Å². The standard InChI is InChI=1S/C13H17N3O2S.ClH/c1-13(2,7-14)11(17)16-12-15-9-5-4-8(18-3)6-10(9)19-12;/h4-6H,7,14H2,1-3H3,(H,15,16,17);1H. The van der Waals surface area contributed by atoms with Crippen molar-refractivity contribution in [3.63, 3.8) is 0 Å². The quantitative estimate of drug-likeness (QED) is 0.909. The maximum absolute atomic E-state index is 12.0. The average Bonchev–Trinajstić information content (AvgIpc) is 2.79. The maximum atomic E-state index is 12.0. The first kappa shape index (κ1) is 16.7. The molecular weight excluding hydrogens is 298 g/mol. The Morgan fingerprint density at radius 2 is 2.20 bits per heavy atom. The van der Waals surface area contributed by atoms with E-state index in [9.17, 15) is 4.79 Å². The molecule has 1 aromatic heterocycles. The summed E-state index contributed by atoms with van der Waals surface area (Å²) in [4.78, 5) is 16.4. The molecule has 7 heteroatoms. The summed E-state index contributed by atoms with van der Waals surface area (Å²) < 4.78 is 6.13. The van der Waals surface area contributed by atoms with Gasteiger partial charge in [0.05, 0.1) is 22.7 Å². The number of nitrogens with zero attached hydrogens (tertiary/aromatic N) is 1. The van der Waals surface area contributed by atoms with Crippen LogP contribution in [0.2, 0.25) is 0 Å². The summed E-state index contributed by atoms with van der Waals surface area (Å²) in [5.41, 5.74) is 5.82. The molecule has 0 atom stereocenters. The van der Waals surface area contributed by atoms with Crippen molar-refractivity contribution in [1.29, 1.82) is 0 Å². The summed E-state index contributed by atoms with van der Waals surface area (Å²) in [5, 5.41) is 3.39. The molecule has 0 saturated heterocycles. The van der Waals surface area contributed by atoms with Crippen LogP contribution in [0.1, 0.15) is 13.8 Å². The minimum absolute atomic E-state index is 0. The summed E-state index contributed by atoms with van der Waals surface area (Å²) in [6.07, 6.45) is 0. The van der Waals surface area contributed by atoms with E-state index in [2.05, 4.69) is 10.3 Å². The second-order valence-corrected chi connectivity index (χ2v) is 5.93. The van der Waals surface area contributed by atoms with Crippen molar-refractivity contribution in [2.24, 2.45) is 11.1 Å². The number of ether oxygens (including phenoxy) is 1. The zero-order valence-corrected chi connectivity index (χ0v) is 13.2. The van der Waals surface area contributed by atoms with Crippen LogP contribution in [0.15, 0.2) is 18.2 Å². The second kappa shape index (κ2) is 6.39. The van der Waals surface area contributed by atoms with Gasteiger partial charge in [0.25, 0.3) is 0 Å². The lowest BCUT2D eigenvalue weighted by Crippen LogP contribution is -2.37. The number of halogens is 1. The number of hydrogen-bond donors (Lipinski definition) is 2.